The van der Waals surface area contributed by atoms with Gasteiger partial charge in [-0.1, -0.05) is 42.2 Å². The second kappa shape index (κ2) is 9.40. The van der Waals surface area contributed by atoms with E-state index in [1.807, 2.05) is 24.3 Å². The van der Waals surface area contributed by atoms with Crippen LogP contribution in [0.2, 0.25) is 0 Å². The van der Waals surface area contributed by atoms with Crippen LogP contribution >= 0.6 is 24.0 Å². The van der Waals surface area contributed by atoms with E-state index in [4.69, 9.17) is 26.8 Å². The van der Waals surface area contributed by atoms with E-state index in [1.54, 1.807) is 20.3 Å². The van der Waals surface area contributed by atoms with E-state index in [-0.39, 0.29) is 12.3 Å². The SMILES string of the molecule is COc1ccc(/C=C/C(CCCC(=O)O)=C2\SC(=S)NC2=O)cc1OC. The van der Waals surface area contributed by atoms with Gasteiger partial charge in [-0.3, -0.25) is 9.59 Å². The van der Waals surface area contributed by atoms with Crippen molar-refractivity contribution < 1.29 is 24.2 Å². The number of ether oxygens (including phenoxy) is 2. The summed E-state index contributed by atoms with van der Waals surface area (Å²) in [7, 11) is 3.13. The lowest BCUT2D eigenvalue weighted by Gasteiger charge is -2.08. The van der Waals surface area contributed by atoms with Gasteiger partial charge in [-0.05, 0) is 36.1 Å². The number of hydrogen-bond acceptors (Lipinski definition) is 6. The molecule has 26 heavy (non-hydrogen) atoms. The minimum absolute atomic E-state index is 0.0394. The van der Waals surface area contributed by atoms with Crippen molar-refractivity contribution in [2.24, 2.45) is 0 Å². The van der Waals surface area contributed by atoms with Crippen LogP contribution in [0.3, 0.4) is 0 Å². The molecule has 1 aliphatic rings. The smallest absolute Gasteiger partial charge is 0.303 e. The number of carbonyl (C=O) groups excluding carboxylic acids is 1. The molecule has 0 spiro atoms. The largest absolute Gasteiger partial charge is 0.493 e. The molecular formula is C18H19NO5S2. The third-order valence-corrected chi connectivity index (χ3v) is 4.92. The minimum atomic E-state index is -0.864. The summed E-state index contributed by atoms with van der Waals surface area (Å²) in [6, 6.07) is 5.48. The van der Waals surface area contributed by atoms with Gasteiger partial charge in [0.1, 0.15) is 4.32 Å². The van der Waals surface area contributed by atoms with Crippen LogP contribution < -0.4 is 14.8 Å². The molecule has 0 bridgehead atoms. The molecule has 138 valence electrons. The summed E-state index contributed by atoms with van der Waals surface area (Å²) >= 11 is 6.23. The van der Waals surface area contributed by atoms with Crippen LogP contribution in [0, 0.1) is 0 Å². The number of allylic oxidation sites excluding steroid dienone is 2. The van der Waals surface area contributed by atoms with Gasteiger partial charge >= 0.3 is 5.97 Å². The molecule has 0 atom stereocenters. The molecule has 0 unspecified atom stereocenters. The van der Waals surface area contributed by atoms with Crippen molar-refractivity contribution >= 4 is 46.3 Å². The third kappa shape index (κ3) is 5.34. The standard InChI is InChI=1S/C18H19NO5S2/c1-23-13-9-7-11(10-14(13)24-2)6-8-12(4-3-5-15(20)21)16-17(22)19-18(25)26-16/h6-10H,3-5H2,1-2H3,(H,20,21)(H,19,22,25)/b8-6+,16-12-. The van der Waals surface area contributed by atoms with Crippen molar-refractivity contribution in [3.05, 3.63) is 40.3 Å². The lowest BCUT2D eigenvalue weighted by molar-refractivity contribution is -0.137. The zero-order valence-corrected chi connectivity index (χ0v) is 16.0. The molecule has 1 saturated heterocycles. The summed E-state index contributed by atoms with van der Waals surface area (Å²) < 4.78 is 10.9. The number of carboxylic acid groups (broad SMARTS) is 1. The van der Waals surface area contributed by atoms with E-state index >= 15 is 0 Å². The zero-order valence-electron chi connectivity index (χ0n) is 14.4. The molecule has 1 aromatic rings. The van der Waals surface area contributed by atoms with Gasteiger partial charge in [0.05, 0.1) is 19.1 Å². The maximum Gasteiger partial charge on any atom is 0.303 e. The van der Waals surface area contributed by atoms with E-state index in [2.05, 4.69) is 5.32 Å². The summed E-state index contributed by atoms with van der Waals surface area (Å²) in [6.07, 6.45) is 4.61. The van der Waals surface area contributed by atoms with Crippen molar-refractivity contribution in [1.29, 1.82) is 0 Å². The molecule has 1 amide bonds. The molecule has 1 aromatic carbocycles. The van der Waals surface area contributed by atoms with Crippen LogP contribution in [-0.4, -0.2) is 35.5 Å². The monoisotopic (exact) mass is 393 g/mol. The number of hydrogen-bond donors (Lipinski definition) is 2. The average Bonchev–Trinajstić information content (AvgIpc) is 2.95. The molecule has 1 aliphatic heterocycles. The summed E-state index contributed by atoms with van der Waals surface area (Å²) in [6.45, 7) is 0. The number of carboxylic acids is 1. The lowest BCUT2D eigenvalue weighted by Crippen LogP contribution is -2.18. The van der Waals surface area contributed by atoms with E-state index < -0.39 is 5.97 Å². The van der Waals surface area contributed by atoms with Gasteiger partial charge in [-0.2, -0.15) is 0 Å². The summed E-state index contributed by atoms with van der Waals surface area (Å²) in [5.41, 5.74) is 1.62. The molecule has 1 fully saturated rings. The van der Waals surface area contributed by atoms with Crippen molar-refractivity contribution in [2.75, 3.05) is 14.2 Å². The number of amides is 1. The van der Waals surface area contributed by atoms with Gasteiger partial charge in [0.15, 0.2) is 11.5 Å². The first-order chi connectivity index (χ1) is 12.4. The number of rotatable bonds is 8. The Morgan fingerprint density at radius 3 is 2.58 bits per heavy atom. The number of aliphatic carboxylic acids is 1. The average molecular weight is 393 g/mol. The van der Waals surface area contributed by atoms with Crippen LogP contribution in [0.4, 0.5) is 0 Å². The van der Waals surface area contributed by atoms with Gasteiger partial charge < -0.3 is 19.9 Å². The van der Waals surface area contributed by atoms with Crippen LogP contribution in [0.15, 0.2) is 34.8 Å². The quantitative estimate of drug-likeness (QED) is 0.517. The van der Waals surface area contributed by atoms with Gasteiger partial charge in [0.2, 0.25) is 0 Å². The molecule has 0 aromatic heterocycles. The number of thioether (sulfide) groups is 1. The number of thiocarbonyl (C=S) groups is 1. The Morgan fingerprint density at radius 1 is 1.27 bits per heavy atom. The molecule has 6 nitrogen and oxygen atoms in total. The fourth-order valence-electron chi connectivity index (χ4n) is 2.38. The Bertz CT molecular complexity index is 786. The van der Waals surface area contributed by atoms with E-state index in [0.29, 0.717) is 33.6 Å². The minimum Gasteiger partial charge on any atom is -0.493 e. The van der Waals surface area contributed by atoms with Gasteiger partial charge in [-0.15, -0.1) is 0 Å². The van der Waals surface area contributed by atoms with Crippen LogP contribution in [0.1, 0.15) is 24.8 Å². The van der Waals surface area contributed by atoms with Crippen molar-refractivity contribution in [3.63, 3.8) is 0 Å². The third-order valence-electron chi connectivity index (χ3n) is 3.63. The van der Waals surface area contributed by atoms with Crippen molar-refractivity contribution in [1.82, 2.24) is 5.32 Å². The molecule has 0 aliphatic carbocycles. The molecular weight excluding hydrogens is 374 g/mol. The van der Waals surface area contributed by atoms with E-state index in [9.17, 15) is 9.59 Å². The van der Waals surface area contributed by atoms with Crippen molar-refractivity contribution in [2.45, 2.75) is 19.3 Å². The fourth-order valence-corrected chi connectivity index (χ4v) is 3.50. The number of methoxy groups -OCH3 is 2. The topological polar surface area (TPSA) is 84.9 Å². The first-order valence-corrected chi connectivity index (χ1v) is 9.05. The Labute approximate surface area is 161 Å². The highest BCUT2D eigenvalue weighted by atomic mass is 32.2. The Morgan fingerprint density at radius 2 is 2.00 bits per heavy atom. The first-order valence-electron chi connectivity index (χ1n) is 7.82. The Balaban J connectivity index is 2.27. The predicted molar refractivity (Wildman–Crippen MR) is 105 cm³/mol. The molecule has 0 radical (unpaired) electrons. The number of nitrogens with one attached hydrogen (secondary N) is 1. The highest BCUT2D eigenvalue weighted by Crippen LogP contribution is 2.31. The van der Waals surface area contributed by atoms with Crippen LogP contribution in [0.25, 0.3) is 6.08 Å². The van der Waals surface area contributed by atoms with Gasteiger partial charge in [0.25, 0.3) is 5.91 Å². The van der Waals surface area contributed by atoms with Gasteiger partial charge in [-0.25, -0.2) is 0 Å². The Hall–Kier alpha value is -2.32. The number of benzene rings is 1. The molecule has 0 saturated carbocycles. The maximum absolute atomic E-state index is 12.1. The highest BCUT2D eigenvalue weighted by molar-refractivity contribution is 8.26. The van der Waals surface area contributed by atoms with Crippen molar-refractivity contribution in [3.8, 4) is 11.5 Å². The first kappa shape index (κ1) is 20.0. The number of carbonyl (C=O) groups is 2. The van der Waals surface area contributed by atoms with Gasteiger partial charge in [0, 0.05) is 6.42 Å². The maximum atomic E-state index is 12.1. The predicted octanol–water partition coefficient (Wildman–Crippen LogP) is 3.37. The summed E-state index contributed by atoms with van der Waals surface area (Å²) in [5.74, 6) is 0.115. The molecule has 1 heterocycles. The van der Waals surface area contributed by atoms with Crippen LogP contribution in [-0.2, 0) is 9.59 Å². The molecule has 8 heteroatoms. The molecule has 2 N–H and O–H groups in total. The second-order valence-electron chi connectivity index (χ2n) is 5.39. The highest BCUT2D eigenvalue weighted by Gasteiger charge is 2.25. The fraction of sp³-hybridized carbons (Fsp3) is 0.278. The molecule has 2 rings (SSSR count). The van der Waals surface area contributed by atoms with Crippen LogP contribution in [0.5, 0.6) is 11.5 Å². The van der Waals surface area contributed by atoms with E-state index in [1.165, 1.54) is 11.8 Å². The summed E-state index contributed by atoms with van der Waals surface area (Å²) in [4.78, 5) is 23.3. The summed E-state index contributed by atoms with van der Waals surface area (Å²) in [5, 5.41) is 11.4. The zero-order chi connectivity index (χ0) is 19.1. The lowest BCUT2D eigenvalue weighted by atomic mass is 10.1. The van der Waals surface area contributed by atoms with E-state index in [0.717, 1.165) is 11.1 Å². The Kier molecular flexibility index (Phi) is 7.23. The normalized spacial score (nSPS) is 15.9. The second-order valence-corrected chi connectivity index (χ2v) is 7.08.